The van der Waals surface area contributed by atoms with Gasteiger partial charge in [-0.3, -0.25) is 9.58 Å². The third-order valence-corrected chi connectivity index (χ3v) is 5.45. The van der Waals surface area contributed by atoms with E-state index in [4.69, 9.17) is 11.6 Å². The molecule has 4 heterocycles. The highest BCUT2D eigenvalue weighted by molar-refractivity contribution is 6.30. The molecular weight excluding hydrogens is 412 g/mol. The van der Waals surface area contributed by atoms with Crippen LogP contribution in [0.5, 0.6) is 0 Å². The molecule has 9 heteroatoms. The van der Waals surface area contributed by atoms with Gasteiger partial charge < -0.3 is 5.32 Å². The standard InChI is InChI=1S/C22H21ClN8/c1-3-30(31-15(2)29-12-11-26-22(29)31)20-13-16(7-9-24-20)19-8-10-25-21(28-19)27-18-6-4-5-17(23)14-18/h4-15H,3H2,1-2H3,(H,25,27,28). The van der Waals surface area contributed by atoms with Crippen LogP contribution in [0.15, 0.2) is 67.3 Å². The molecule has 0 spiro atoms. The summed E-state index contributed by atoms with van der Waals surface area (Å²) in [4.78, 5) is 18.1. The molecule has 0 bridgehead atoms. The Kier molecular flexibility index (Phi) is 4.91. The minimum atomic E-state index is 0.190. The van der Waals surface area contributed by atoms with E-state index >= 15 is 0 Å². The minimum Gasteiger partial charge on any atom is -0.324 e. The van der Waals surface area contributed by atoms with Gasteiger partial charge in [-0.05, 0) is 50.2 Å². The van der Waals surface area contributed by atoms with E-state index in [0.717, 1.165) is 35.3 Å². The van der Waals surface area contributed by atoms with Gasteiger partial charge >= 0.3 is 0 Å². The number of hydrogen-bond donors (Lipinski definition) is 1. The largest absolute Gasteiger partial charge is 0.324 e. The molecule has 4 aromatic rings. The van der Waals surface area contributed by atoms with Crippen LogP contribution in [-0.2, 0) is 0 Å². The van der Waals surface area contributed by atoms with Gasteiger partial charge in [0.05, 0.1) is 5.69 Å². The number of nitrogens with one attached hydrogen (secondary N) is 1. The molecule has 31 heavy (non-hydrogen) atoms. The summed E-state index contributed by atoms with van der Waals surface area (Å²) < 4.78 is 2.13. The number of fused-ring (bicyclic) bond motifs is 1. The first kappa shape index (κ1) is 19.3. The number of aromatic nitrogens is 5. The van der Waals surface area contributed by atoms with Gasteiger partial charge in [-0.15, -0.1) is 0 Å². The molecule has 1 atom stereocenters. The lowest BCUT2D eigenvalue weighted by Crippen LogP contribution is -2.54. The number of halogens is 1. The Labute approximate surface area is 185 Å². The number of anilines is 4. The zero-order chi connectivity index (χ0) is 21.4. The summed E-state index contributed by atoms with van der Waals surface area (Å²) in [6.07, 6.45) is 7.54. The van der Waals surface area contributed by atoms with Crippen molar-refractivity contribution in [2.75, 3.05) is 21.9 Å². The zero-order valence-corrected chi connectivity index (χ0v) is 17.9. The Morgan fingerprint density at radius 3 is 2.77 bits per heavy atom. The van der Waals surface area contributed by atoms with Crippen LogP contribution in [0.1, 0.15) is 20.0 Å². The molecule has 0 saturated carbocycles. The van der Waals surface area contributed by atoms with Gasteiger partial charge in [0.15, 0.2) is 0 Å². The molecular formula is C22H21ClN8. The smallest absolute Gasteiger partial charge is 0.228 e. The number of nitrogens with zero attached hydrogens (tertiary/aromatic N) is 7. The summed E-state index contributed by atoms with van der Waals surface area (Å²) in [7, 11) is 0. The van der Waals surface area contributed by atoms with Crippen molar-refractivity contribution < 1.29 is 0 Å². The normalized spacial score (nSPS) is 14.7. The third kappa shape index (κ3) is 3.55. The average Bonchev–Trinajstić information content (AvgIpc) is 3.22. The fourth-order valence-electron chi connectivity index (χ4n) is 3.73. The lowest BCUT2D eigenvalue weighted by atomic mass is 10.2. The summed E-state index contributed by atoms with van der Waals surface area (Å²) >= 11 is 6.07. The van der Waals surface area contributed by atoms with E-state index in [2.05, 4.69) is 53.7 Å². The van der Waals surface area contributed by atoms with Crippen molar-refractivity contribution in [3.05, 3.63) is 72.3 Å². The highest BCUT2D eigenvalue weighted by atomic mass is 35.5. The van der Waals surface area contributed by atoms with E-state index < -0.39 is 0 Å². The zero-order valence-electron chi connectivity index (χ0n) is 17.1. The summed E-state index contributed by atoms with van der Waals surface area (Å²) in [6.45, 7) is 5.00. The number of imidazole rings is 1. The molecule has 0 radical (unpaired) electrons. The Hall–Kier alpha value is -3.65. The van der Waals surface area contributed by atoms with Crippen LogP contribution in [0.3, 0.4) is 0 Å². The first-order chi connectivity index (χ1) is 15.1. The molecule has 1 aliphatic rings. The highest BCUT2D eigenvalue weighted by Gasteiger charge is 2.36. The first-order valence-corrected chi connectivity index (χ1v) is 10.4. The SMILES string of the molecule is CCN(c1cc(-c2ccnc(Nc3cccc(Cl)c3)n2)ccn1)N1c2nccn2C1C. The van der Waals surface area contributed by atoms with Gasteiger partial charge in [0.25, 0.3) is 0 Å². The Morgan fingerprint density at radius 2 is 1.94 bits per heavy atom. The summed E-state index contributed by atoms with van der Waals surface area (Å²) in [5.74, 6) is 2.25. The monoisotopic (exact) mass is 432 g/mol. The van der Waals surface area contributed by atoms with E-state index in [-0.39, 0.29) is 6.17 Å². The Bertz CT molecular complexity index is 1220. The van der Waals surface area contributed by atoms with Gasteiger partial charge in [-0.2, -0.15) is 0 Å². The Morgan fingerprint density at radius 1 is 1.06 bits per heavy atom. The van der Waals surface area contributed by atoms with E-state index in [1.807, 2.05) is 54.9 Å². The maximum absolute atomic E-state index is 6.07. The highest BCUT2D eigenvalue weighted by Crippen LogP contribution is 2.37. The van der Waals surface area contributed by atoms with E-state index in [9.17, 15) is 0 Å². The van der Waals surface area contributed by atoms with Crippen LogP contribution < -0.4 is 15.3 Å². The Balaban J connectivity index is 1.43. The molecule has 5 rings (SSSR count). The molecule has 0 saturated heterocycles. The summed E-state index contributed by atoms with van der Waals surface area (Å²) in [5, 5.41) is 8.13. The van der Waals surface area contributed by atoms with E-state index in [1.165, 1.54) is 0 Å². The van der Waals surface area contributed by atoms with Crippen molar-refractivity contribution in [2.24, 2.45) is 0 Å². The molecule has 1 unspecified atom stereocenters. The molecule has 1 N–H and O–H groups in total. The average molecular weight is 433 g/mol. The molecule has 3 aromatic heterocycles. The quantitative estimate of drug-likeness (QED) is 0.463. The van der Waals surface area contributed by atoms with Crippen molar-refractivity contribution in [3.8, 4) is 11.3 Å². The van der Waals surface area contributed by atoms with E-state index in [0.29, 0.717) is 11.0 Å². The van der Waals surface area contributed by atoms with Crippen LogP contribution in [0.4, 0.5) is 23.4 Å². The maximum Gasteiger partial charge on any atom is 0.228 e. The molecule has 0 fully saturated rings. The number of pyridine rings is 1. The maximum atomic E-state index is 6.07. The second kappa shape index (κ2) is 7.88. The molecule has 156 valence electrons. The van der Waals surface area contributed by atoms with Crippen molar-refractivity contribution in [1.82, 2.24) is 24.5 Å². The molecule has 0 aliphatic carbocycles. The number of hydrogen-bond acceptors (Lipinski definition) is 7. The van der Waals surface area contributed by atoms with Crippen LogP contribution >= 0.6 is 11.6 Å². The third-order valence-electron chi connectivity index (χ3n) is 5.21. The fraction of sp³-hybridized carbons (Fsp3) is 0.182. The summed E-state index contributed by atoms with van der Waals surface area (Å²) in [6, 6.07) is 13.3. The van der Waals surface area contributed by atoms with Gasteiger partial charge in [0.1, 0.15) is 12.0 Å². The second-order valence-corrected chi connectivity index (χ2v) is 7.57. The van der Waals surface area contributed by atoms with Crippen molar-refractivity contribution in [2.45, 2.75) is 20.0 Å². The molecule has 0 amide bonds. The topological polar surface area (TPSA) is 75.0 Å². The van der Waals surface area contributed by atoms with Crippen LogP contribution in [0.25, 0.3) is 11.3 Å². The van der Waals surface area contributed by atoms with Crippen molar-refractivity contribution in [1.29, 1.82) is 0 Å². The first-order valence-electron chi connectivity index (χ1n) is 10.1. The summed E-state index contributed by atoms with van der Waals surface area (Å²) in [5.41, 5.74) is 2.59. The number of rotatable bonds is 6. The predicted octanol–water partition coefficient (Wildman–Crippen LogP) is 4.91. The molecule has 8 nitrogen and oxygen atoms in total. The lowest BCUT2D eigenvalue weighted by Gasteiger charge is -2.47. The number of benzene rings is 1. The van der Waals surface area contributed by atoms with Gasteiger partial charge in [-0.1, -0.05) is 17.7 Å². The second-order valence-electron chi connectivity index (χ2n) is 7.13. The fourth-order valence-corrected chi connectivity index (χ4v) is 3.92. The molecule has 1 aliphatic heterocycles. The van der Waals surface area contributed by atoms with Gasteiger partial charge in [-0.25, -0.2) is 24.9 Å². The van der Waals surface area contributed by atoms with Gasteiger partial charge in [0.2, 0.25) is 11.9 Å². The predicted molar refractivity (Wildman–Crippen MR) is 122 cm³/mol. The minimum absolute atomic E-state index is 0.190. The van der Waals surface area contributed by atoms with Gasteiger partial charge in [0, 0.05) is 47.6 Å². The van der Waals surface area contributed by atoms with Crippen LogP contribution in [0, 0.1) is 0 Å². The van der Waals surface area contributed by atoms with Crippen molar-refractivity contribution in [3.63, 3.8) is 0 Å². The van der Waals surface area contributed by atoms with Crippen LogP contribution in [0.2, 0.25) is 5.02 Å². The number of hydrazine groups is 1. The molecule has 1 aromatic carbocycles. The van der Waals surface area contributed by atoms with Crippen LogP contribution in [-0.4, -0.2) is 31.0 Å². The van der Waals surface area contributed by atoms with Crippen molar-refractivity contribution >= 4 is 35.0 Å². The lowest BCUT2D eigenvalue weighted by molar-refractivity contribution is 0.402. The van der Waals surface area contributed by atoms with E-state index in [1.54, 1.807) is 12.4 Å².